The quantitative estimate of drug-likeness (QED) is 0.503. The number of hydrogen-bond acceptors (Lipinski definition) is 8. The molecule has 0 radical (unpaired) electrons. The van der Waals surface area contributed by atoms with E-state index < -0.39 is 11.9 Å². The van der Waals surface area contributed by atoms with E-state index in [9.17, 15) is 9.59 Å². The van der Waals surface area contributed by atoms with Crippen LogP contribution in [0.2, 0.25) is 0 Å². The zero-order valence-corrected chi connectivity index (χ0v) is 17.4. The van der Waals surface area contributed by atoms with Crippen LogP contribution in [-0.2, 0) is 9.47 Å². The molecule has 8 nitrogen and oxygen atoms in total. The molecule has 0 bridgehead atoms. The van der Waals surface area contributed by atoms with Gasteiger partial charge in [0.05, 0.1) is 50.9 Å². The van der Waals surface area contributed by atoms with E-state index in [0.29, 0.717) is 39.5 Å². The Hall–Kier alpha value is -3.81. The topological polar surface area (TPSA) is 110 Å². The van der Waals surface area contributed by atoms with E-state index in [-0.39, 0.29) is 5.56 Å². The van der Waals surface area contributed by atoms with Crippen LogP contribution in [0.25, 0.3) is 22.2 Å². The monoisotopic (exact) mass is 410 g/mol. The molecule has 0 saturated heterocycles. The maximum Gasteiger partial charge on any atom is 0.338 e. The number of nitrogens with two attached hydrogens (primary N) is 1. The molecule has 0 unspecified atom stereocenters. The first-order chi connectivity index (χ1) is 14.3. The van der Waals surface area contributed by atoms with Crippen molar-refractivity contribution in [3.05, 3.63) is 47.0 Å². The van der Waals surface area contributed by atoms with Crippen LogP contribution >= 0.6 is 0 Å². The Morgan fingerprint density at radius 1 is 0.833 bits per heavy atom. The minimum absolute atomic E-state index is 0.283. The molecule has 0 atom stereocenters. The highest BCUT2D eigenvalue weighted by molar-refractivity contribution is 6.00. The summed E-state index contributed by atoms with van der Waals surface area (Å²) < 4.78 is 20.4. The van der Waals surface area contributed by atoms with Crippen molar-refractivity contribution in [2.45, 2.75) is 6.92 Å². The second-order valence-electron chi connectivity index (χ2n) is 6.52. The third kappa shape index (κ3) is 3.59. The third-order valence-corrected chi connectivity index (χ3v) is 4.79. The first-order valence-corrected chi connectivity index (χ1v) is 8.98. The zero-order chi connectivity index (χ0) is 22.0. The van der Waals surface area contributed by atoms with Crippen LogP contribution in [0.4, 0.5) is 5.69 Å². The van der Waals surface area contributed by atoms with E-state index in [2.05, 4.69) is 0 Å². The SMILES string of the molecule is COC(=O)c1cc(OC)c(N)c(-c2cc(C)c3cc(C(=O)OC)cc(OC)c3n2)c1. The number of benzene rings is 2. The first kappa shape index (κ1) is 20.9. The predicted molar refractivity (Wildman–Crippen MR) is 112 cm³/mol. The van der Waals surface area contributed by atoms with Crippen LogP contribution in [0.3, 0.4) is 0 Å². The molecule has 3 rings (SSSR count). The molecule has 156 valence electrons. The minimum Gasteiger partial charge on any atom is -0.495 e. The summed E-state index contributed by atoms with van der Waals surface area (Å²) in [5.74, 6) is -0.251. The Balaban J connectivity index is 2.30. The van der Waals surface area contributed by atoms with Crippen molar-refractivity contribution in [2.75, 3.05) is 34.2 Å². The van der Waals surface area contributed by atoms with E-state index in [1.807, 2.05) is 13.0 Å². The van der Waals surface area contributed by atoms with Gasteiger partial charge in [0.25, 0.3) is 0 Å². The predicted octanol–water partition coefficient (Wildman–Crippen LogP) is 3.38. The summed E-state index contributed by atoms with van der Waals surface area (Å²) in [6, 6.07) is 8.20. The molecular formula is C22H22N2O6. The molecule has 3 aromatic rings. The van der Waals surface area contributed by atoms with Crippen molar-refractivity contribution in [3.63, 3.8) is 0 Å². The molecule has 8 heteroatoms. The molecule has 0 spiro atoms. The number of pyridine rings is 1. The maximum absolute atomic E-state index is 12.1. The average molecular weight is 410 g/mol. The highest BCUT2D eigenvalue weighted by Gasteiger charge is 2.19. The van der Waals surface area contributed by atoms with Gasteiger partial charge < -0.3 is 24.7 Å². The van der Waals surface area contributed by atoms with E-state index in [4.69, 9.17) is 29.7 Å². The third-order valence-electron chi connectivity index (χ3n) is 4.79. The van der Waals surface area contributed by atoms with Crippen LogP contribution in [0.1, 0.15) is 26.3 Å². The summed E-state index contributed by atoms with van der Waals surface area (Å²) in [4.78, 5) is 28.8. The Labute approximate surface area is 173 Å². The fraction of sp³-hybridized carbons (Fsp3) is 0.227. The minimum atomic E-state index is -0.521. The summed E-state index contributed by atoms with van der Waals surface area (Å²) in [5.41, 5.74) is 9.66. The van der Waals surface area contributed by atoms with Gasteiger partial charge in [0.15, 0.2) is 0 Å². The lowest BCUT2D eigenvalue weighted by Gasteiger charge is -2.15. The van der Waals surface area contributed by atoms with Gasteiger partial charge in [-0.25, -0.2) is 14.6 Å². The summed E-state index contributed by atoms with van der Waals surface area (Å²) >= 11 is 0. The number of aryl methyl sites for hydroxylation is 1. The van der Waals surface area contributed by atoms with E-state index in [1.165, 1.54) is 34.5 Å². The molecule has 0 saturated carbocycles. The molecule has 2 aromatic carbocycles. The van der Waals surface area contributed by atoms with Gasteiger partial charge in [0, 0.05) is 10.9 Å². The van der Waals surface area contributed by atoms with E-state index in [0.717, 1.165) is 10.9 Å². The Morgan fingerprint density at radius 2 is 1.40 bits per heavy atom. The molecule has 0 aliphatic rings. The normalized spacial score (nSPS) is 10.6. The lowest BCUT2D eigenvalue weighted by Crippen LogP contribution is -2.06. The van der Waals surface area contributed by atoms with Crippen LogP contribution < -0.4 is 15.2 Å². The number of esters is 2. The molecule has 30 heavy (non-hydrogen) atoms. The molecular weight excluding hydrogens is 388 g/mol. The largest absolute Gasteiger partial charge is 0.495 e. The molecule has 1 heterocycles. The summed E-state index contributed by atoms with van der Waals surface area (Å²) in [6.07, 6.45) is 0. The molecule has 0 fully saturated rings. The maximum atomic E-state index is 12.1. The van der Waals surface area contributed by atoms with Gasteiger partial charge in [-0.15, -0.1) is 0 Å². The van der Waals surface area contributed by atoms with Gasteiger partial charge in [0.1, 0.15) is 17.0 Å². The smallest absolute Gasteiger partial charge is 0.338 e. The number of hydrogen-bond donors (Lipinski definition) is 1. The van der Waals surface area contributed by atoms with Crippen molar-refractivity contribution in [3.8, 4) is 22.8 Å². The lowest BCUT2D eigenvalue weighted by atomic mass is 10.00. The highest BCUT2D eigenvalue weighted by Crippen LogP contribution is 2.37. The molecule has 1 aromatic heterocycles. The Kier molecular flexibility index (Phi) is 5.77. The van der Waals surface area contributed by atoms with Crippen molar-refractivity contribution < 1.29 is 28.5 Å². The molecule has 0 aliphatic carbocycles. The number of nitrogen functional groups attached to an aromatic ring is 1. The number of carbonyl (C=O) groups is 2. The van der Waals surface area contributed by atoms with Gasteiger partial charge >= 0.3 is 11.9 Å². The molecule has 2 N–H and O–H groups in total. The van der Waals surface area contributed by atoms with Crippen LogP contribution in [0.5, 0.6) is 11.5 Å². The van der Waals surface area contributed by atoms with Gasteiger partial charge in [-0.3, -0.25) is 0 Å². The Bertz CT molecular complexity index is 1160. The van der Waals surface area contributed by atoms with Crippen molar-refractivity contribution in [1.82, 2.24) is 4.98 Å². The number of carbonyl (C=O) groups excluding carboxylic acids is 2. The van der Waals surface area contributed by atoms with Crippen molar-refractivity contribution in [2.24, 2.45) is 0 Å². The fourth-order valence-electron chi connectivity index (χ4n) is 3.23. The van der Waals surface area contributed by atoms with Gasteiger partial charge in [-0.1, -0.05) is 0 Å². The molecule has 0 aliphatic heterocycles. The number of methoxy groups -OCH3 is 4. The number of aromatic nitrogens is 1. The number of rotatable bonds is 5. The highest BCUT2D eigenvalue weighted by atomic mass is 16.5. The van der Waals surface area contributed by atoms with Crippen LogP contribution in [0.15, 0.2) is 30.3 Å². The van der Waals surface area contributed by atoms with Crippen LogP contribution in [-0.4, -0.2) is 45.4 Å². The first-order valence-electron chi connectivity index (χ1n) is 8.98. The van der Waals surface area contributed by atoms with E-state index >= 15 is 0 Å². The average Bonchev–Trinajstić information content (AvgIpc) is 2.77. The second kappa shape index (κ2) is 8.28. The van der Waals surface area contributed by atoms with Crippen molar-refractivity contribution in [1.29, 1.82) is 0 Å². The molecule has 0 amide bonds. The number of anilines is 1. The van der Waals surface area contributed by atoms with Gasteiger partial charge in [-0.05, 0) is 42.8 Å². The number of ether oxygens (including phenoxy) is 4. The van der Waals surface area contributed by atoms with E-state index in [1.54, 1.807) is 18.2 Å². The van der Waals surface area contributed by atoms with Gasteiger partial charge in [0.2, 0.25) is 0 Å². The standard InChI is InChI=1S/C22H22N2O6/c1-11-6-16(15-8-13(22(26)30-5)9-17(27-2)19(15)23)24-20-14(11)7-12(21(25)29-4)10-18(20)28-3/h6-10H,23H2,1-5H3. The summed E-state index contributed by atoms with van der Waals surface area (Å²) in [7, 11) is 5.58. The number of nitrogens with zero attached hydrogens (tertiary/aromatic N) is 1. The Morgan fingerprint density at radius 3 is 1.97 bits per heavy atom. The fourth-order valence-corrected chi connectivity index (χ4v) is 3.23. The second-order valence-corrected chi connectivity index (χ2v) is 6.52. The summed E-state index contributed by atoms with van der Waals surface area (Å²) in [6.45, 7) is 1.88. The van der Waals surface area contributed by atoms with Crippen LogP contribution in [0, 0.1) is 6.92 Å². The van der Waals surface area contributed by atoms with Gasteiger partial charge in [-0.2, -0.15) is 0 Å². The summed E-state index contributed by atoms with van der Waals surface area (Å²) in [5, 5.41) is 0.730. The zero-order valence-electron chi connectivity index (χ0n) is 17.4. The lowest BCUT2D eigenvalue weighted by molar-refractivity contribution is 0.0591. The van der Waals surface area contributed by atoms with Crippen molar-refractivity contribution >= 4 is 28.5 Å². The number of fused-ring (bicyclic) bond motifs is 1.